The predicted octanol–water partition coefficient (Wildman–Crippen LogP) is 2.21. The molecule has 0 aliphatic carbocycles. The third kappa shape index (κ3) is 4.13. The highest BCUT2D eigenvalue weighted by Crippen LogP contribution is 2.38. The van der Waals surface area contributed by atoms with Gasteiger partial charge in [-0.2, -0.15) is 4.31 Å². The highest BCUT2D eigenvalue weighted by atomic mass is 35.5. The zero-order valence-corrected chi connectivity index (χ0v) is 19.1. The summed E-state index contributed by atoms with van der Waals surface area (Å²) in [5, 5.41) is 2.63. The van der Waals surface area contributed by atoms with E-state index in [9.17, 15) is 18.0 Å². The SMILES string of the molecule is COc1ccc(C(=O)N2CCN(S(=O)(=O)c3cc4c(cc3Cl)NC(=O)[C@@H](C)O4)CC2)cc1. The molecule has 32 heavy (non-hydrogen) atoms. The highest BCUT2D eigenvalue weighted by Gasteiger charge is 2.34. The number of fused-ring (bicyclic) bond motifs is 1. The van der Waals surface area contributed by atoms with Gasteiger partial charge in [0.1, 0.15) is 16.4 Å². The van der Waals surface area contributed by atoms with E-state index in [2.05, 4.69) is 5.32 Å². The standard InChI is InChI=1S/C21H22ClN3O6S/c1-13-20(26)23-17-11-16(22)19(12-18(17)31-13)32(28,29)25-9-7-24(8-10-25)21(27)14-3-5-15(30-2)6-4-14/h3-6,11-13H,7-10H2,1-2H3,(H,23,26)/t13-/m1/s1. The van der Waals surface area contributed by atoms with Crippen LogP contribution in [0.1, 0.15) is 17.3 Å². The lowest BCUT2D eigenvalue weighted by atomic mass is 10.2. The van der Waals surface area contributed by atoms with Crippen LogP contribution in [0.15, 0.2) is 41.3 Å². The van der Waals surface area contributed by atoms with E-state index in [0.717, 1.165) is 0 Å². The average Bonchev–Trinajstić information content (AvgIpc) is 2.79. The molecule has 9 nitrogen and oxygen atoms in total. The van der Waals surface area contributed by atoms with E-state index in [1.54, 1.807) is 43.2 Å². The molecule has 0 radical (unpaired) electrons. The fraction of sp³-hybridized carbons (Fsp3) is 0.333. The van der Waals surface area contributed by atoms with Gasteiger partial charge >= 0.3 is 0 Å². The molecular weight excluding hydrogens is 458 g/mol. The molecule has 1 fully saturated rings. The van der Waals surface area contributed by atoms with Crippen LogP contribution in [0.4, 0.5) is 5.69 Å². The molecule has 2 aromatic rings. The number of carbonyl (C=O) groups excluding carboxylic acids is 2. The molecule has 0 spiro atoms. The number of halogens is 1. The second-order valence-corrected chi connectivity index (χ2v) is 9.77. The Kier molecular flexibility index (Phi) is 6.02. The van der Waals surface area contributed by atoms with Crippen molar-refractivity contribution in [3.8, 4) is 11.5 Å². The Bertz CT molecular complexity index is 1160. The second kappa shape index (κ2) is 8.61. The monoisotopic (exact) mass is 479 g/mol. The quantitative estimate of drug-likeness (QED) is 0.720. The minimum Gasteiger partial charge on any atom is -0.497 e. The van der Waals surface area contributed by atoms with Crippen LogP contribution in [0.2, 0.25) is 5.02 Å². The molecule has 11 heteroatoms. The fourth-order valence-corrected chi connectivity index (χ4v) is 5.53. The van der Waals surface area contributed by atoms with Gasteiger partial charge in [0.15, 0.2) is 6.10 Å². The van der Waals surface area contributed by atoms with Gasteiger partial charge in [-0.1, -0.05) is 11.6 Å². The Morgan fingerprint density at radius 2 is 1.81 bits per heavy atom. The number of ether oxygens (including phenoxy) is 2. The maximum atomic E-state index is 13.2. The zero-order chi connectivity index (χ0) is 23.0. The molecule has 2 amide bonds. The van der Waals surface area contributed by atoms with Crippen molar-refractivity contribution >= 4 is 39.1 Å². The number of hydrogen-bond donors (Lipinski definition) is 1. The molecular formula is C21H22ClN3O6S. The van der Waals surface area contributed by atoms with E-state index in [-0.39, 0.29) is 53.7 Å². The lowest BCUT2D eigenvalue weighted by Gasteiger charge is -2.34. The maximum absolute atomic E-state index is 13.2. The van der Waals surface area contributed by atoms with Crippen molar-refractivity contribution in [2.45, 2.75) is 17.9 Å². The van der Waals surface area contributed by atoms with E-state index < -0.39 is 16.1 Å². The lowest BCUT2D eigenvalue weighted by Crippen LogP contribution is -2.50. The van der Waals surface area contributed by atoms with Crippen LogP contribution < -0.4 is 14.8 Å². The molecule has 2 aromatic carbocycles. The topological polar surface area (TPSA) is 105 Å². The summed E-state index contributed by atoms with van der Waals surface area (Å²) < 4.78 is 38.4. The van der Waals surface area contributed by atoms with Gasteiger partial charge in [-0.05, 0) is 37.3 Å². The minimum absolute atomic E-state index is 0.0149. The number of rotatable bonds is 4. The summed E-state index contributed by atoms with van der Waals surface area (Å²) in [4.78, 5) is 26.0. The van der Waals surface area contributed by atoms with Crippen LogP contribution in [0.3, 0.4) is 0 Å². The van der Waals surface area contributed by atoms with E-state index in [4.69, 9.17) is 21.1 Å². The van der Waals surface area contributed by atoms with E-state index in [0.29, 0.717) is 17.0 Å². The Balaban J connectivity index is 1.49. The van der Waals surface area contributed by atoms with Gasteiger partial charge in [0.2, 0.25) is 10.0 Å². The number of nitrogens with zero attached hydrogens (tertiary/aromatic N) is 2. The number of carbonyl (C=O) groups is 2. The summed E-state index contributed by atoms with van der Waals surface area (Å²) in [7, 11) is -2.38. The van der Waals surface area contributed by atoms with Crippen LogP contribution in [-0.4, -0.2) is 68.8 Å². The summed E-state index contributed by atoms with van der Waals surface area (Å²) in [6.45, 7) is 2.32. The first-order valence-corrected chi connectivity index (χ1v) is 11.8. The first-order valence-electron chi connectivity index (χ1n) is 9.95. The summed E-state index contributed by atoms with van der Waals surface area (Å²) in [5.74, 6) is 0.391. The maximum Gasteiger partial charge on any atom is 0.265 e. The van der Waals surface area contributed by atoms with Gasteiger partial charge in [0, 0.05) is 37.8 Å². The fourth-order valence-electron chi connectivity index (χ4n) is 3.59. The average molecular weight is 480 g/mol. The normalized spacial score (nSPS) is 19.0. The smallest absolute Gasteiger partial charge is 0.265 e. The molecule has 0 aromatic heterocycles. The van der Waals surface area contributed by atoms with E-state index >= 15 is 0 Å². The van der Waals surface area contributed by atoms with Crippen molar-refractivity contribution in [1.29, 1.82) is 0 Å². The highest BCUT2D eigenvalue weighted by molar-refractivity contribution is 7.89. The Hall–Kier alpha value is -2.82. The first kappa shape index (κ1) is 22.4. The summed E-state index contributed by atoms with van der Waals surface area (Å²) in [6, 6.07) is 9.47. The van der Waals surface area contributed by atoms with Gasteiger partial charge in [-0.3, -0.25) is 9.59 Å². The third-order valence-corrected chi connectivity index (χ3v) is 7.81. The zero-order valence-electron chi connectivity index (χ0n) is 17.5. The van der Waals surface area contributed by atoms with Crippen molar-refractivity contribution in [3.63, 3.8) is 0 Å². The number of nitrogens with one attached hydrogen (secondary N) is 1. The van der Waals surface area contributed by atoms with Crippen molar-refractivity contribution in [1.82, 2.24) is 9.21 Å². The summed E-state index contributed by atoms with van der Waals surface area (Å²) >= 11 is 6.25. The predicted molar refractivity (Wildman–Crippen MR) is 118 cm³/mol. The van der Waals surface area contributed by atoms with Gasteiger partial charge in [0.25, 0.3) is 11.8 Å². The van der Waals surface area contributed by atoms with Crippen LogP contribution in [0.5, 0.6) is 11.5 Å². The molecule has 0 bridgehead atoms. The Labute approximate surface area is 190 Å². The minimum atomic E-state index is -3.93. The first-order chi connectivity index (χ1) is 15.2. The molecule has 1 N–H and O–H groups in total. The van der Waals surface area contributed by atoms with Crippen LogP contribution >= 0.6 is 11.6 Å². The van der Waals surface area contributed by atoms with Crippen molar-refractivity contribution < 1.29 is 27.5 Å². The molecule has 2 aliphatic heterocycles. The molecule has 2 heterocycles. The Morgan fingerprint density at radius 3 is 2.44 bits per heavy atom. The number of benzene rings is 2. The summed E-state index contributed by atoms with van der Waals surface area (Å²) in [5.41, 5.74) is 0.833. The number of methoxy groups -OCH3 is 1. The number of amides is 2. The van der Waals surface area contributed by atoms with Crippen molar-refractivity contribution in [3.05, 3.63) is 47.0 Å². The van der Waals surface area contributed by atoms with Crippen LogP contribution in [-0.2, 0) is 14.8 Å². The van der Waals surface area contributed by atoms with Crippen molar-refractivity contribution in [2.75, 3.05) is 38.6 Å². The molecule has 0 saturated carbocycles. The van der Waals surface area contributed by atoms with Gasteiger partial charge in [0.05, 0.1) is 17.8 Å². The molecule has 1 saturated heterocycles. The number of hydrogen-bond acceptors (Lipinski definition) is 6. The van der Waals surface area contributed by atoms with Gasteiger partial charge in [-0.25, -0.2) is 8.42 Å². The van der Waals surface area contributed by atoms with Crippen LogP contribution in [0.25, 0.3) is 0 Å². The van der Waals surface area contributed by atoms with Gasteiger partial charge in [-0.15, -0.1) is 0 Å². The molecule has 2 aliphatic rings. The number of anilines is 1. The van der Waals surface area contributed by atoms with E-state index in [1.807, 2.05) is 0 Å². The van der Waals surface area contributed by atoms with E-state index in [1.165, 1.54) is 16.4 Å². The van der Waals surface area contributed by atoms with Gasteiger partial charge < -0.3 is 19.7 Å². The molecule has 0 unspecified atom stereocenters. The lowest BCUT2D eigenvalue weighted by molar-refractivity contribution is -0.122. The van der Waals surface area contributed by atoms with Crippen molar-refractivity contribution in [2.24, 2.45) is 0 Å². The Morgan fingerprint density at radius 1 is 1.16 bits per heavy atom. The third-order valence-electron chi connectivity index (χ3n) is 5.45. The molecule has 1 atom stereocenters. The molecule has 170 valence electrons. The summed E-state index contributed by atoms with van der Waals surface area (Å²) in [6.07, 6.45) is -0.744. The number of piperazine rings is 1. The van der Waals surface area contributed by atoms with Crippen LogP contribution in [0, 0.1) is 0 Å². The molecule has 4 rings (SSSR count). The number of sulfonamides is 1. The largest absolute Gasteiger partial charge is 0.497 e. The second-order valence-electron chi connectivity index (χ2n) is 7.45.